The van der Waals surface area contributed by atoms with Crippen LogP contribution in [0.25, 0.3) is 11.4 Å². The maximum absolute atomic E-state index is 13.4. The van der Waals surface area contributed by atoms with Gasteiger partial charge >= 0.3 is 5.97 Å². The van der Waals surface area contributed by atoms with E-state index in [1.807, 2.05) is 16.8 Å². The van der Waals surface area contributed by atoms with Gasteiger partial charge in [-0.05, 0) is 23.6 Å². The first-order chi connectivity index (χ1) is 13.0. The van der Waals surface area contributed by atoms with E-state index < -0.39 is 30.1 Å². The highest BCUT2D eigenvalue weighted by molar-refractivity contribution is 7.08. The van der Waals surface area contributed by atoms with Crippen LogP contribution in [0.5, 0.6) is 0 Å². The summed E-state index contributed by atoms with van der Waals surface area (Å²) in [4.78, 5) is 27.5. The lowest BCUT2D eigenvalue weighted by molar-refractivity contribution is -0.147. The number of benzene rings is 1. The molecule has 0 aliphatic carbocycles. The van der Waals surface area contributed by atoms with Gasteiger partial charge in [-0.3, -0.25) is 9.59 Å². The van der Waals surface area contributed by atoms with Crippen molar-refractivity contribution in [2.75, 3.05) is 11.9 Å². The van der Waals surface area contributed by atoms with Gasteiger partial charge in [0.2, 0.25) is 11.7 Å². The summed E-state index contributed by atoms with van der Waals surface area (Å²) in [6.07, 6.45) is 0.0909. The van der Waals surface area contributed by atoms with Gasteiger partial charge in [0.05, 0.1) is 12.1 Å². The number of hydrogen-bond donors (Lipinski definition) is 1. The average Bonchev–Trinajstić information content (AvgIpc) is 3.32. The normalized spacial score (nSPS) is 10.6. The third kappa shape index (κ3) is 5.17. The summed E-state index contributed by atoms with van der Waals surface area (Å²) in [6.45, 7) is -0.598. The first kappa shape index (κ1) is 18.6. The minimum Gasteiger partial charge on any atom is -0.456 e. The van der Waals surface area contributed by atoms with Gasteiger partial charge in [0, 0.05) is 23.4 Å². The van der Waals surface area contributed by atoms with Crippen molar-refractivity contribution in [3.8, 4) is 11.4 Å². The monoisotopic (exact) mass is 393 g/mol. The third-order valence-corrected chi connectivity index (χ3v) is 4.04. The zero-order chi connectivity index (χ0) is 19.2. The van der Waals surface area contributed by atoms with Crippen LogP contribution in [0.4, 0.5) is 14.5 Å². The molecule has 10 heteroatoms. The summed E-state index contributed by atoms with van der Waals surface area (Å²) in [5.74, 6) is -2.38. The fourth-order valence-electron chi connectivity index (χ4n) is 2.07. The molecule has 2 heterocycles. The number of amides is 1. The number of carbonyl (C=O) groups excluding carboxylic acids is 2. The summed E-state index contributed by atoms with van der Waals surface area (Å²) in [5, 5.41) is 9.75. The highest BCUT2D eigenvalue weighted by atomic mass is 32.1. The Morgan fingerprint density at radius 3 is 2.85 bits per heavy atom. The Morgan fingerprint density at radius 2 is 2.11 bits per heavy atom. The van der Waals surface area contributed by atoms with E-state index in [9.17, 15) is 18.4 Å². The lowest BCUT2D eigenvalue weighted by atomic mass is 10.3. The number of aromatic nitrogens is 2. The van der Waals surface area contributed by atoms with Crippen molar-refractivity contribution in [3.63, 3.8) is 0 Å². The molecular weight excluding hydrogens is 380 g/mol. The molecule has 7 nitrogen and oxygen atoms in total. The summed E-state index contributed by atoms with van der Waals surface area (Å²) in [5.41, 5.74) is 0.617. The second-order valence-corrected chi connectivity index (χ2v) is 6.14. The first-order valence-electron chi connectivity index (χ1n) is 7.77. The van der Waals surface area contributed by atoms with Gasteiger partial charge in [0.15, 0.2) is 6.61 Å². The minimum absolute atomic E-state index is 0.0660. The number of nitrogens with one attached hydrogen (secondary N) is 1. The van der Waals surface area contributed by atoms with Crippen LogP contribution in [0.15, 0.2) is 39.5 Å². The zero-order valence-corrected chi connectivity index (χ0v) is 14.6. The summed E-state index contributed by atoms with van der Waals surface area (Å²) < 4.78 is 36.1. The topological polar surface area (TPSA) is 94.3 Å². The van der Waals surface area contributed by atoms with E-state index in [0.29, 0.717) is 11.9 Å². The highest BCUT2D eigenvalue weighted by Crippen LogP contribution is 2.19. The Hall–Kier alpha value is -3.14. The number of rotatable bonds is 7. The van der Waals surface area contributed by atoms with Crippen molar-refractivity contribution in [1.29, 1.82) is 0 Å². The minimum atomic E-state index is -0.924. The predicted molar refractivity (Wildman–Crippen MR) is 91.9 cm³/mol. The second kappa shape index (κ2) is 8.49. The average molecular weight is 393 g/mol. The number of hydrogen-bond acceptors (Lipinski definition) is 7. The SMILES string of the molecule is O=C(COC(=O)CCc1nc(-c2ccsc2)no1)Nc1ccc(F)cc1F. The summed E-state index contributed by atoms with van der Waals surface area (Å²) in [6, 6.07) is 4.55. The molecule has 0 aliphatic heterocycles. The van der Waals surface area contributed by atoms with Gasteiger partial charge in [0.25, 0.3) is 5.91 Å². The van der Waals surface area contributed by atoms with Crippen molar-refractivity contribution in [2.24, 2.45) is 0 Å². The van der Waals surface area contributed by atoms with E-state index in [1.54, 1.807) is 0 Å². The molecule has 140 valence electrons. The number of halogens is 2. The Kier molecular flexibility index (Phi) is 5.87. The lowest BCUT2D eigenvalue weighted by Crippen LogP contribution is -2.21. The van der Waals surface area contributed by atoms with Gasteiger partial charge < -0.3 is 14.6 Å². The van der Waals surface area contributed by atoms with E-state index in [-0.39, 0.29) is 24.4 Å². The first-order valence-corrected chi connectivity index (χ1v) is 8.71. The highest BCUT2D eigenvalue weighted by Gasteiger charge is 2.14. The van der Waals surface area contributed by atoms with Gasteiger partial charge in [-0.25, -0.2) is 8.78 Å². The van der Waals surface area contributed by atoms with Crippen molar-refractivity contribution >= 4 is 28.9 Å². The van der Waals surface area contributed by atoms with Gasteiger partial charge in [-0.1, -0.05) is 5.16 Å². The van der Waals surface area contributed by atoms with E-state index in [1.165, 1.54) is 11.3 Å². The molecule has 3 aromatic rings. The molecule has 0 bridgehead atoms. The molecule has 2 aromatic heterocycles. The predicted octanol–water partition coefficient (Wildman–Crippen LogP) is 3.19. The molecular formula is C17H13F2N3O4S. The Bertz CT molecular complexity index is 944. The fraction of sp³-hybridized carbons (Fsp3) is 0.176. The van der Waals surface area contributed by atoms with Crippen LogP contribution in [0.3, 0.4) is 0 Å². The van der Waals surface area contributed by atoms with Gasteiger partial charge in [-0.2, -0.15) is 16.3 Å². The number of nitrogens with zero attached hydrogens (tertiary/aromatic N) is 2. The maximum Gasteiger partial charge on any atom is 0.306 e. The molecule has 0 saturated carbocycles. The molecule has 1 amide bonds. The maximum atomic E-state index is 13.4. The summed E-state index contributed by atoms with van der Waals surface area (Å²) in [7, 11) is 0. The molecule has 0 radical (unpaired) electrons. The number of anilines is 1. The Balaban J connectivity index is 1.42. The number of carbonyl (C=O) groups is 2. The molecule has 1 N–H and O–H groups in total. The standard InChI is InChI=1S/C17H13F2N3O4S/c18-11-1-2-13(12(19)7-11)20-14(23)8-25-16(24)4-3-15-21-17(22-26-15)10-5-6-27-9-10/h1-2,5-7,9H,3-4,8H2,(H,20,23). The van der Waals surface area contributed by atoms with E-state index in [0.717, 1.165) is 17.7 Å². The quantitative estimate of drug-likeness (QED) is 0.620. The largest absolute Gasteiger partial charge is 0.456 e. The second-order valence-electron chi connectivity index (χ2n) is 5.36. The van der Waals surface area contributed by atoms with Crippen LogP contribution in [0.2, 0.25) is 0 Å². The van der Waals surface area contributed by atoms with E-state index in [2.05, 4.69) is 15.5 Å². The Morgan fingerprint density at radius 1 is 1.26 bits per heavy atom. The zero-order valence-electron chi connectivity index (χ0n) is 13.8. The molecule has 0 atom stereocenters. The lowest BCUT2D eigenvalue weighted by Gasteiger charge is -2.07. The smallest absolute Gasteiger partial charge is 0.306 e. The molecule has 27 heavy (non-hydrogen) atoms. The Labute approximate surface area is 156 Å². The molecule has 0 saturated heterocycles. The van der Waals surface area contributed by atoms with Crippen LogP contribution in [0.1, 0.15) is 12.3 Å². The molecule has 3 rings (SSSR count). The van der Waals surface area contributed by atoms with Crippen molar-refractivity contribution in [2.45, 2.75) is 12.8 Å². The van der Waals surface area contributed by atoms with Crippen molar-refractivity contribution in [3.05, 3.63) is 52.6 Å². The number of thiophene rings is 1. The number of esters is 1. The summed E-state index contributed by atoms with van der Waals surface area (Å²) >= 11 is 1.50. The molecule has 0 spiro atoms. The molecule has 0 aliphatic rings. The fourth-order valence-corrected chi connectivity index (χ4v) is 2.70. The molecule has 0 fully saturated rings. The van der Waals surface area contributed by atoms with Gasteiger partial charge in [-0.15, -0.1) is 0 Å². The van der Waals surface area contributed by atoms with Crippen LogP contribution < -0.4 is 5.32 Å². The van der Waals surface area contributed by atoms with Crippen molar-refractivity contribution < 1.29 is 27.6 Å². The van der Waals surface area contributed by atoms with Crippen molar-refractivity contribution in [1.82, 2.24) is 10.1 Å². The van der Waals surface area contributed by atoms with Crippen LogP contribution in [-0.2, 0) is 20.7 Å². The number of ether oxygens (including phenoxy) is 1. The van der Waals surface area contributed by atoms with Gasteiger partial charge in [0.1, 0.15) is 11.6 Å². The van der Waals surface area contributed by atoms with Crippen LogP contribution in [-0.4, -0.2) is 28.6 Å². The van der Waals surface area contributed by atoms with E-state index in [4.69, 9.17) is 9.26 Å². The number of aryl methyl sites for hydroxylation is 1. The molecule has 1 aromatic carbocycles. The third-order valence-electron chi connectivity index (χ3n) is 3.36. The van der Waals surface area contributed by atoms with Crippen LogP contribution in [0, 0.1) is 11.6 Å². The van der Waals surface area contributed by atoms with Crippen LogP contribution >= 0.6 is 11.3 Å². The molecule has 0 unspecified atom stereocenters. The van der Waals surface area contributed by atoms with E-state index >= 15 is 0 Å².